The maximum atomic E-state index is 8.47. The lowest BCUT2D eigenvalue weighted by atomic mass is 10.4. The first-order valence-electron chi connectivity index (χ1n) is 4.39. The topological polar surface area (TPSA) is 35.5 Å². The first kappa shape index (κ1) is 10.9. The number of aliphatic hydroxyl groups is 1. The first-order chi connectivity index (χ1) is 5.35. The highest BCUT2D eigenvalue weighted by atomic mass is 16.3. The number of nitrogens with zero attached hydrogens (tertiary/aromatic N) is 1. The third-order valence-electron chi connectivity index (χ3n) is 1.79. The molecule has 11 heavy (non-hydrogen) atoms. The van der Waals surface area contributed by atoms with Crippen LogP contribution in [0.2, 0.25) is 0 Å². The molecular formula is C8H20N2O. The molecule has 0 unspecified atom stereocenters. The largest absolute Gasteiger partial charge is 0.395 e. The number of likely N-dealkylation sites (N-methyl/N-ethyl adjacent to an activating group) is 1. The fourth-order valence-electron chi connectivity index (χ4n) is 0.981. The lowest BCUT2D eigenvalue weighted by molar-refractivity contribution is 0.274. The van der Waals surface area contributed by atoms with E-state index in [2.05, 4.69) is 24.1 Å². The predicted octanol–water partition coefficient (Wildman–Crippen LogP) is -0.0899. The Morgan fingerprint density at radius 2 is 1.82 bits per heavy atom. The van der Waals surface area contributed by atoms with Gasteiger partial charge in [-0.05, 0) is 13.1 Å². The van der Waals surface area contributed by atoms with E-state index in [0.717, 1.165) is 26.2 Å². The zero-order chi connectivity index (χ0) is 8.53. The van der Waals surface area contributed by atoms with E-state index in [1.54, 1.807) is 0 Å². The number of hydrogen-bond donors (Lipinski definition) is 2. The van der Waals surface area contributed by atoms with Crippen molar-refractivity contribution >= 4 is 0 Å². The molecule has 0 saturated heterocycles. The van der Waals surface area contributed by atoms with Gasteiger partial charge in [-0.1, -0.05) is 13.8 Å². The zero-order valence-electron chi connectivity index (χ0n) is 7.64. The smallest absolute Gasteiger partial charge is 0.0555 e. The second-order valence-corrected chi connectivity index (χ2v) is 2.50. The van der Waals surface area contributed by atoms with Crippen molar-refractivity contribution in [3.63, 3.8) is 0 Å². The van der Waals surface area contributed by atoms with Crippen LogP contribution in [0.4, 0.5) is 0 Å². The molecule has 0 atom stereocenters. The molecular weight excluding hydrogens is 140 g/mol. The van der Waals surface area contributed by atoms with E-state index >= 15 is 0 Å². The molecule has 0 bridgehead atoms. The Bertz CT molecular complexity index is 74.5. The summed E-state index contributed by atoms with van der Waals surface area (Å²) in [6.45, 7) is 9.54. The van der Waals surface area contributed by atoms with Gasteiger partial charge in [0.2, 0.25) is 0 Å². The fraction of sp³-hybridized carbons (Fsp3) is 1.00. The molecule has 0 amide bonds. The van der Waals surface area contributed by atoms with Crippen molar-refractivity contribution in [2.75, 3.05) is 39.3 Å². The minimum Gasteiger partial charge on any atom is -0.395 e. The van der Waals surface area contributed by atoms with Crippen molar-refractivity contribution in [2.45, 2.75) is 13.8 Å². The summed E-state index contributed by atoms with van der Waals surface area (Å²) in [7, 11) is 0. The molecule has 68 valence electrons. The molecule has 0 radical (unpaired) electrons. The third kappa shape index (κ3) is 6.28. The van der Waals surface area contributed by atoms with Crippen LogP contribution in [-0.2, 0) is 0 Å². The van der Waals surface area contributed by atoms with E-state index in [1.807, 2.05) is 0 Å². The van der Waals surface area contributed by atoms with E-state index < -0.39 is 0 Å². The molecule has 0 aromatic rings. The normalized spacial score (nSPS) is 10.9. The third-order valence-corrected chi connectivity index (χ3v) is 1.79. The first-order valence-corrected chi connectivity index (χ1v) is 4.39. The number of nitrogens with one attached hydrogen (secondary N) is 1. The highest BCUT2D eigenvalue weighted by molar-refractivity contribution is 4.54. The summed E-state index contributed by atoms with van der Waals surface area (Å²) < 4.78 is 0. The molecule has 3 nitrogen and oxygen atoms in total. The van der Waals surface area contributed by atoms with E-state index in [-0.39, 0.29) is 6.61 Å². The highest BCUT2D eigenvalue weighted by Gasteiger charge is 1.95. The molecule has 0 spiro atoms. The van der Waals surface area contributed by atoms with Crippen molar-refractivity contribution in [3.05, 3.63) is 0 Å². The summed E-state index contributed by atoms with van der Waals surface area (Å²) in [5.74, 6) is 0. The Kier molecular flexibility index (Phi) is 7.89. The molecule has 0 heterocycles. The summed E-state index contributed by atoms with van der Waals surface area (Å²) in [6, 6.07) is 0. The van der Waals surface area contributed by atoms with E-state index in [0.29, 0.717) is 6.54 Å². The average Bonchev–Trinajstić information content (AvgIpc) is 2.05. The second kappa shape index (κ2) is 7.98. The zero-order valence-corrected chi connectivity index (χ0v) is 7.64. The summed E-state index contributed by atoms with van der Waals surface area (Å²) >= 11 is 0. The lowest BCUT2D eigenvalue weighted by Crippen LogP contribution is -2.32. The number of hydrogen-bond acceptors (Lipinski definition) is 3. The summed E-state index contributed by atoms with van der Waals surface area (Å²) in [6.07, 6.45) is 0. The van der Waals surface area contributed by atoms with Crippen LogP contribution in [0.3, 0.4) is 0 Å². The summed E-state index contributed by atoms with van der Waals surface area (Å²) in [5.41, 5.74) is 0. The Morgan fingerprint density at radius 1 is 1.18 bits per heavy atom. The molecule has 0 saturated carbocycles. The number of aliphatic hydroxyl groups excluding tert-OH is 1. The van der Waals surface area contributed by atoms with Gasteiger partial charge in [0.15, 0.2) is 0 Å². The minimum absolute atomic E-state index is 0.234. The molecule has 0 rings (SSSR count). The standard InChI is InChI=1S/C8H20N2O/c1-3-10(4-2)7-5-9-6-8-11/h9,11H,3-8H2,1-2H3. The minimum atomic E-state index is 0.234. The summed E-state index contributed by atoms with van der Waals surface area (Å²) in [5, 5.41) is 11.6. The van der Waals surface area contributed by atoms with Crippen LogP contribution in [0.1, 0.15) is 13.8 Å². The van der Waals surface area contributed by atoms with Gasteiger partial charge in [0.1, 0.15) is 0 Å². The number of rotatable bonds is 7. The molecule has 3 heteroatoms. The van der Waals surface area contributed by atoms with Gasteiger partial charge in [0.05, 0.1) is 6.61 Å². The van der Waals surface area contributed by atoms with Gasteiger partial charge in [-0.3, -0.25) is 0 Å². The lowest BCUT2D eigenvalue weighted by Gasteiger charge is -2.17. The van der Waals surface area contributed by atoms with Gasteiger partial charge in [-0.15, -0.1) is 0 Å². The van der Waals surface area contributed by atoms with Gasteiger partial charge >= 0.3 is 0 Å². The van der Waals surface area contributed by atoms with Crippen molar-refractivity contribution in [3.8, 4) is 0 Å². The van der Waals surface area contributed by atoms with Crippen LogP contribution in [-0.4, -0.2) is 49.3 Å². The van der Waals surface area contributed by atoms with Crippen molar-refractivity contribution in [1.82, 2.24) is 10.2 Å². The Morgan fingerprint density at radius 3 is 2.27 bits per heavy atom. The SMILES string of the molecule is CCN(CC)CCNCCO. The molecule has 0 aliphatic carbocycles. The van der Waals surface area contributed by atoms with Crippen LogP contribution in [0.5, 0.6) is 0 Å². The molecule has 0 aliphatic heterocycles. The van der Waals surface area contributed by atoms with Gasteiger partial charge in [-0.25, -0.2) is 0 Å². The maximum absolute atomic E-state index is 8.47. The van der Waals surface area contributed by atoms with Crippen molar-refractivity contribution < 1.29 is 5.11 Å². The molecule has 2 N–H and O–H groups in total. The van der Waals surface area contributed by atoms with Crippen LogP contribution in [0, 0.1) is 0 Å². The van der Waals surface area contributed by atoms with E-state index in [4.69, 9.17) is 5.11 Å². The maximum Gasteiger partial charge on any atom is 0.0555 e. The van der Waals surface area contributed by atoms with Gasteiger partial charge in [0, 0.05) is 19.6 Å². The molecule has 0 aromatic heterocycles. The fourth-order valence-corrected chi connectivity index (χ4v) is 0.981. The Labute approximate surface area is 69.4 Å². The Balaban J connectivity index is 3.07. The van der Waals surface area contributed by atoms with Crippen LogP contribution >= 0.6 is 0 Å². The molecule has 0 aliphatic rings. The van der Waals surface area contributed by atoms with E-state index in [9.17, 15) is 0 Å². The predicted molar refractivity (Wildman–Crippen MR) is 47.7 cm³/mol. The average molecular weight is 160 g/mol. The molecule has 0 aromatic carbocycles. The van der Waals surface area contributed by atoms with Crippen LogP contribution < -0.4 is 5.32 Å². The van der Waals surface area contributed by atoms with Gasteiger partial charge < -0.3 is 15.3 Å². The Hall–Kier alpha value is -0.120. The van der Waals surface area contributed by atoms with Gasteiger partial charge in [0.25, 0.3) is 0 Å². The van der Waals surface area contributed by atoms with Gasteiger partial charge in [-0.2, -0.15) is 0 Å². The quantitative estimate of drug-likeness (QED) is 0.511. The van der Waals surface area contributed by atoms with Crippen LogP contribution in [0.15, 0.2) is 0 Å². The highest BCUT2D eigenvalue weighted by Crippen LogP contribution is 1.83. The second-order valence-electron chi connectivity index (χ2n) is 2.50. The van der Waals surface area contributed by atoms with E-state index in [1.165, 1.54) is 0 Å². The van der Waals surface area contributed by atoms with Crippen molar-refractivity contribution in [1.29, 1.82) is 0 Å². The van der Waals surface area contributed by atoms with Crippen molar-refractivity contribution in [2.24, 2.45) is 0 Å². The summed E-state index contributed by atoms with van der Waals surface area (Å²) in [4.78, 5) is 2.35. The van der Waals surface area contributed by atoms with Crippen LogP contribution in [0.25, 0.3) is 0 Å². The monoisotopic (exact) mass is 160 g/mol. The molecule has 0 fully saturated rings.